The number of ether oxygens (including phenoxy) is 3. The minimum absolute atomic E-state index is 0.637. The van der Waals surface area contributed by atoms with E-state index in [0.29, 0.717) is 0 Å². The van der Waals surface area contributed by atoms with Gasteiger partial charge in [0.15, 0.2) is 11.6 Å². The molecule has 0 amide bonds. The van der Waals surface area contributed by atoms with Crippen molar-refractivity contribution >= 4 is 11.9 Å². The zero-order chi connectivity index (χ0) is 21.8. The molecule has 0 aliphatic carbocycles. The van der Waals surface area contributed by atoms with Gasteiger partial charge in [-0.05, 0) is 12.1 Å². The molecule has 0 radical (unpaired) electrons. The predicted octanol–water partition coefficient (Wildman–Crippen LogP) is 0.574. The van der Waals surface area contributed by atoms with Crippen molar-refractivity contribution in [2.24, 2.45) is 4.99 Å². The predicted molar refractivity (Wildman–Crippen MR) is 123 cm³/mol. The van der Waals surface area contributed by atoms with Gasteiger partial charge in [0, 0.05) is 58.0 Å². The molecule has 0 bridgehead atoms. The van der Waals surface area contributed by atoms with Crippen LogP contribution in [0.2, 0.25) is 0 Å². The molecular weight excluding hydrogens is 408 g/mol. The van der Waals surface area contributed by atoms with Gasteiger partial charge < -0.3 is 29.3 Å². The quantitative estimate of drug-likeness (QED) is 0.710. The van der Waals surface area contributed by atoms with Crippen LogP contribution in [0.15, 0.2) is 46.9 Å². The fourth-order valence-electron chi connectivity index (χ4n) is 4.95. The molecule has 1 atom stereocenters. The van der Waals surface area contributed by atoms with Crippen LogP contribution in [0.5, 0.6) is 0 Å². The largest absolute Gasteiger partial charge is 0.491 e. The smallest absolute Gasteiger partial charge is 0.251 e. The van der Waals surface area contributed by atoms with Crippen LogP contribution in [-0.2, 0) is 14.2 Å². The molecule has 0 saturated carbocycles. The highest BCUT2D eigenvalue weighted by Crippen LogP contribution is 2.30. The second-order valence-corrected chi connectivity index (χ2v) is 8.44. The molecule has 4 aliphatic heterocycles. The molecule has 3 fully saturated rings. The zero-order valence-corrected chi connectivity index (χ0v) is 18.9. The minimum Gasteiger partial charge on any atom is -0.491 e. The maximum absolute atomic E-state index is 5.72. The van der Waals surface area contributed by atoms with Crippen LogP contribution in [-0.4, -0.2) is 113 Å². The topological polar surface area (TPSA) is 65.0 Å². The normalized spacial score (nSPS) is 28.0. The summed E-state index contributed by atoms with van der Waals surface area (Å²) in [6.07, 6.45) is 1.90. The second-order valence-electron chi connectivity index (χ2n) is 8.44. The van der Waals surface area contributed by atoms with E-state index in [2.05, 4.69) is 55.2 Å². The summed E-state index contributed by atoms with van der Waals surface area (Å²) in [6.45, 7) is 9.97. The van der Waals surface area contributed by atoms with Gasteiger partial charge in [-0.15, -0.1) is 0 Å². The summed E-state index contributed by atoms with van der Waals surface area (Å²) >= 11 is 0. The molecule has 1 aromatic rings. The average molecular weight is 443 g/mol. The molecule has 4 heterocycles. The lowest BCUT2D eigenvalue weighted by molar-refractivity contribution is -0.120. The first kappa shape index (κ1) is 21.5. The summed E-state index contributed by atoms with van der Waals surface area (Å²) in [7, 11) is 1.71. The van der Waals surface area contributed by atoms with E-state index in [1.165, 1.54) is 5.69 Å². The summed E-state index contributed by atoms with van der Waals surface area (Å²) in [5.41, 5.74) is 1.28. The number of allylic oxidation sites excluding steroid dienone is 1. The van der Waals surface area contributed by atoms with E-state index in [4.69, 9.17) is 19.2 Å². The number of methoxy groups -OCH3 is 1. The number of rotatable bonds is 5. The van der Waals surface area contributed by atoms with Gasteiger partial charge in [-0.1, -0.05) is 18.2 Å². The molecule has 1 N–H and O–H groups in total. The number of benzene rings is 1. The fraction of sp³-hybridized carbons (Fsp3) is 0.609. The lowest BCUT2D eigenvalue weighted by atomic mass is 10.2. The van der Waals surface area contributed by atoms with Crippen LogP contribution in [0.1, 0.15) is 0 Å². The van der Waals surface area contributed by atoms with Gasteiger partial charge in [0.25, 0.3) is 5.91 Å². The van der Waals surface area contributed by atoms with Crippen LogP contribution < -0.4 is 10.2 Å². The molecule has 9 heteroatoms. The Labute approximate surface area is 190 Å². The molecule has 32 heavy (non-hydrogen) atoms. The number of nitrogens with zero attached hydrogens (tertiary/aromatic N) is 5. The van der Waals surface area contributed by atoms with Crippen LogP contribution in [0, 0.1) is 0 Å². The summed E-state index contributed by atoms with van der Waals surface area (Å²) in [6, 6.07) is 10.7. The highest BCUT2D eigenvalue weighted by atomic mass is 16.5. The standard InChI is InChI=1S/C23H34N6O3/c1-30-21-19-24-23(29-13-17-32-18-14-29,25-22(21)27-11-15-31-16-12-27)28-9-7-26(8-10-28)20-5-3-2-4-6-20/h2-6,19,25H,7-18H2,1H3. The first-order valence-corrected chi connectivity index (χ1v) is 11.6. The molecular formula is C23H34N6O3. The Bertz CT molecular complexity index is 814. The average Bonchev–Trinajstić information content (AvgIpc) is 2.90. The van der Waals surface area contributed by atoms with E-state index in [0.717, 1.165) is 90.4 Å². The summed E-state index contributed by atoms with van der Waals surface area (Å²) < 4.78 is 17.0. The van der Waals surface area contributed by atoms with Crippen molar-refractivity contribution in [3.05, 3.63) is 41.9 Å². The summed E-state index contributed by atoms with van der Waals surface area (Å²) in [5, 5.41) is 3.84. The molecule has 4 aliphatic rings. The van der Waals surface area contributed by atoms with Crippen LogP contribution in [0.4, 0.5) is 5.69 Å². The van der Waals surface area contributed by atoms with Gasteiger partial charge in [-0.25, -0.2) is 14.8 Å². The van der Waals surface area contributed by atoms with Gasteiger partial charge in [0.2, 0.25) is 0 Å². The van der Waals surface area contributed by atoms with Crippen molar-refractivity contribution in [1.29, 1.82) is 0 Å². The molecule has 0 aromatic heterocycles. The maximum atomic E-state index is 5.72. The molecule has 9 nitrogen and oxygen atoms in total. The summed E-state index contributed by atoms with van der Waals surface area (Å²) in [5.74, 6) is 1.14. The SMILES string of the molecule is COC1=C(N2CCOCC2)NC(N2CCOCC2)(N2CCN(c3ccccc3)CC2)N=C1. The number of hydrogen-bond donors (Lipinski definition) is 1. The first-order valence-electron chi connectivity index (χ1n) is 11.6. The van der Waals surface area contributed by atoms with Gasteiger partial charge in [-0.3, -0.25) is 0 Å². The Hall–Kier alpha value is -2.33. The number of para-hydroxylation sites is 1. The van der Waals surface area contributed by atoms with Gasteiger partial charge in [0.05, 0.1) is 39.8 Å². The molecule has 1 unspecified atom stereocenters. The Morgan fingerprint density at radius 3 is 2.09 bits per heavy atom. The Balaban J connectivity index is 1.40. The third-order valence-corrected chi connectivity index (χ3v) is 6.72. The number of hydrogen-bond acceptors (Lipinski definition) is 9. The molecule has 3 saturated heterocycles. The van der Waals surface area contributed by atoms with E-state index < -0.39 is 5.91 Å². The van der Waals surface area contributed by atoms with Crippen molar-refractivity contribution < 1.29 is 14.2 Å². The lowest BCUT2D eigenvalue weighted by Crippen LogP contribution is -2.73. The fourth-order valence-corrected chi connectivity index (χ4v) is 4.95. The lowest BCUT2D eigenvalue weighted by Gasteiger charge is -2.54. The Morgan fingerprint density at radius 2 is 1.44 bits per heavy atom. The Kier molecular flexibility index (Phi) is 6.49. The molecule has 174 valence electrons. The van der Waals surface area contributed by atoms with Crippen LogP contribution in [0.3, 0.4) is 0 Å². The van der Waals surface area contributed by atoms with Crippen molar-refractivity contribution in [1.82, 2.24) is 20.0 Å². The van der Waals surface area contributed by atoms with Crippen LogP contribution in [0.25, 0.3) is 0 Å². The minimum atomic E-state index is -0.637. The molecule has 0 spiro atoms. The monoisotopic (exact) mass is 442 g/mol. The van der Waals surface area contributed by atoms with Crippen molar-refractivity contribution in [2.45, 2.75) is 5.91 Å². The van der Waals surface area contributed by atoms with E-state index in [9.17, 15) is 0 Å². The second kappa shape index (κ2) is 9.66. The number of nitrogens with one attached hydrogen (secondary N) is 1. The third kappa shape index (κ3) is 4.17. The first-order chi connectivity index (χ1) is 15.8. The van der Waals surface area contributed by atoms with Gasteiger partial charge in [0.1, 0.15) is 0 Å². The van der Waals surface area contributed by atoms with Crippen molar-refractivity contribution in [2.75, 3.05) is 90.8 Å². The number of piperazine rings is 1. The van der Waals surface area contributed by atoms with E-state index in [1.807, 2.05) is 6.21 Å². The van der Waals surface area contributed by atoms with Crippen LogP contribution >= 0.6 is 0 Å². The number of aliphatic imine (C=N–C) groups is 1. The summed E-state index contributed by atoms with van der Waals surface area (Å²) in [4.78, 5) is 14.8. The Morgan fingerprint density at radius 1 is 0.812 bits per heavy atom. The maximum Gasteiger partial charge on any atom is 0.251 e. The number of anilines is 1. The van der Waals surface area contributed by atoms with Gasteiger partial charge >= 0.3 is 0 Å². The molecule has 5 rings (SSSR count). The highest BCUT2D eigenvalue weighted by Gasteiger charge is 2.47. The van der Waals surface area contributed by atoms with E-state index in [1.54, 1.807) is 7.11 Å². The van der Waals surface area contributed by atoms with Gasteiger partial charge in [-0.2, -0.15) is 0 Å². The van der Waals surface area contributed by atoms with Crippen molar-refractivity contribution in [3.8, 4) is 0 Å². The zero-order valence-electron chi connectivity index (χ0n) is 18.9. The van der Waals surface area contributed by atoms with Crippen molar-refractivity contribution in [3.63, 3.8) is 0 Å². The molecule has 1 aromatic carbocycles. The highest BCUT2D eigenvalue weighted by molar-refractivity contribution is 5.78. The third-order valence-electron chi connectivity index (χ3n) is 6.72. The van der Waals surface area contributed by atoms with E-state index >= 15 is 0 Å². The van der Waals surface area contributed by atoms with E-state index in [-0.39, 0.29) is 0 Å². The number of morpholine rings is 2.